The van der Waals surface area contributed by atoms with Crippen molar-refractivity contribution in [2.75, 3.05) is 18.4 Å². The van der Waals surface area contributed by atoms with Crippen molar-refractivity contribution in [1.82, 2.24) is 24.9 Å². The normalized spacial score (nSPS) is 17.3. The van der Waals surface area contributed by atoms with E-state index in [1.54, 1.807) is 21.8 Å². The summed E-state index contributed by atoms with van der Waals surface area (Å²) >= 11 is 0. The zero-order valence-electron chi connectivity index (χ0n) is 13.6. The molecule has 0 bridgehead atoms. The largest absolute Gasteiger partial charge is 0.383 e. The number of likely N-dealkylation sites (tertiary alicyclic amines) is 1. The van der Waals surface area contributed by atoms with Crippen LogP contribution in [0.1, 0.15) is 29.9 Å². The van der Waals surface area contributed by atoms with Gasteiger partial charge in [-0.05, 0) is 32.8 Å². The Hall–Kier alpha value is -2.35. The van der Waals surface area contributed by atoms with E-state index in [0.717, 1.165) is 17.1 Å². The molecule has 0 spiro atoms. The summed E-state index contributed by atoms with van der Waals surface area (Å²) in [5.41, 5.74) is 2.24. The van der Waals surface area contributed by atoms with E-state index in [9.17, 15) is 9.90 Å². The number of aliphatic hydroxyl groups is 1. The highest BCUT2D eigenvalue weighted by atomic mass is 16.3. The van der Waals surface area contributed by atoms with Crippen LogP contribution in [0.5, 0.6) is 0 Å². The minimum atomic E-state index is -0.937. The van der Waals surface area contributed by atoms with Crippen molar-refractivity contribution in [3.63, 3.8) is 0 Å². The summed E-state index contributed by atoms with van der Waals surface area (Å²) in [5, 5.41) is 24.6. The molecule has 0 aliphatic carbocycles. The number of amides is 2. The zero-order valence-corrected chi connectivity index (χ0v) is 13.6. The van der Waals surface area contributed by atoms with Gasteiger partial charge in [0.05, 0.1) is 22.8 Å². The molecule has 1 fully saturated rings. The lowest BCUT2D eigenvalue weighted by Gasteiger charge is -2.37. The molecule has 8 nitrogen and oxygen atoms in total. The average molecular weight is 318 g/mol. The predicted octanol–water partition coefficient (Wildman–Crippen LogP) is 1.28. The maximum atomic E-state index is 12.5. The summed E-state index contributed by atoms with van der Waals surface area (Å²) in [7, 11) is 1.85. The molecular weight excluding hydrogens is 296 g/mol. The van der Waals surface area contributed by atoms with E-state index in [2.05, 4.69) is 20.6 Å². The molecule has 3 heterocycles. The van der Waals surface area contributed by atoms with Gasteiger partial charge in [0.15, 0.2) is 0 Å². The molecule has 0 radical (unpaired) electrons. The number of urea groups is 1. The molecule has 0 unspecified atom stereocenters. The SMILES string of the molecule is Cc1nn(C)c(C)c1NC(=O)N1CCC(O)(c2ccn[nH]2)CC1. The topological polar surface area (TPSA) is 99.1 Å². The Morgan fingerprint density at radius 3 is 2.61 bits per heavy atom. The zero-order chi connectivity index (χ0) is 16.6. The first-order chi connectivity index (χ1) is 10.9. The summed E-state index contributed by atoms with van der Waals surface area (Å²) in [4.78, 5) is 14.2. The maximum absolute atomic E-state index is 12.5. The lowest BCUT2D eigenvalue weighted by atomic mass is 9.88. The first-order valence-corrected chi connectivity index (χ1v) is 7.69. The van der Waals surface area contributed by atoms with Gasteiger partial charge >= 0.3 is 6.03 Å². The summed E-state index contributed by atoms with van der Waals surface area (Å²) in [5.74, 6) is 0. The van der Waals surface area contributed by atoms with E-state index in [-0.39, 0.29) is 6.03 Å². The van der Waals surface area contributed by atoms with Crippen molar-refractivity contribution in [3.05, 3.63) is 29.3 Å². The molecule has 0 saturated carbocycles. The lowest BCUT2D eigenvalue weighted by Crippen LogP contribution is -2.46. The van der Waals surface area contributed by atoms with Crippen LogP contribution in [0.25, 0.3) is 0 Å². The number of aryl methyl sites for hydroxylation is 2. The Labute approximate surface area is 134 Å². The second-order valence-corrected chi connectivity index (χ2v) is 6.09. The second kappa shape index (κ2) is 5.69. The average Bonchev–Trinajstić information content (AvgIpc) is 3.14. The van der Waals surface area contributed by atoms with Crippen molar-refractivity contribution in [3.8, 4) is 0 Å². The van der Waals surface area contributed by atoms with Gasteiger partial charge in [0, 0.05) is 26.3 Å². The molecule has 2 aromatic heterocycles. The fraction of sp³-hybridized carbons (Fsp3) is 0.533. The standard InChI is InChI=1S/C15H22N6O2/c1-10-13(11(2)20(3)19-10)17-14(22)21-8-5-15(23,6-9-21)12-4-7-16-18-12/h4,7,23H,5-6,8-9H2,1-3H3,(H,16,18)(H,17,22). The molecule has 8 heteroatoms. The van der Waals surface area contributed by atoms with Crippen molar-refractivity contribution in [2.24, 2.45) is 7.05 Å². The van der Waals surface area contributed by atoms with Gasteiger partial charge in [0.2, 0.25) is 0 Å². The Morgan fingerprint density at radius 2 is 2.09 bits per heavy atom. The van der Waals surface area contributed by atoms with E-state index < -0.39 is 5.60 Å². The van der Waals surface area contributed by atoms with Gasteiger partial charge in [-0.25, -0.2) is 4.79 Å². The Balaban J connectivity index is 1.65. The fourth-order valence-electron chi connectivity index (χ4n) is 3.00. The monoisotopic (exact) mass is 318 g/mol. The van der Waals surface area contributed by atoms with Crippen LogP contribution in [0.15, 0.2) is 12.3 Å². The molecule has 3 N–H and O–H groups in total. The number of hydrogen-bond acceptors (Lipinski definition) is 4. The minimum Gasteiger partial charge on any atom is -0.383 e. The van der Waals surface area contributed by atoms with Gasteiger partial charge in [0.25, 0.3) is 0 Å². The molecule has 2 amide bonds. The van der Waals surface area contributed by atoms with E-state index in [4.69, 9.17) is 0 Å². The number of rotatable bonds is 2. The number of nitrogens with one attached hydrogen (secondary N) is 2. The maximum Gasteiger partial charge on any atom is 0.321 e. The number of nitrogens with zero attached hydrogens (tertiary/aromatic N) is 4. The van der Waals surface area contributed by atoms with E-state index in [1.807, 2.05) is 20.9 Å². The number of H-pyrrole nitrogens is 1. The predicted molar refractivity (Wildman–Crippen MR) is 85.0 cm³/mol. The van der Waals surface area contributed by atoms with Gasteiger partial charge < -0.3 is 15.3 Å². The highest BCUT2D eigenvalue weighted by Crippen LogP contribution is 2.31. The van der Waals surface area contributed by atoms with Crippen LogP contribution in [0.3, 0.4) is 0 Å². The smallest absolute Gasteiger partial charge is 0.321 e. The minimum absolute atomic E-state index is 0.157. The van der Waals surface area contributed by atoms with Gasteiger partial charge in [-0.1, -0.05) is 0 Å². The Morgan fingerprint density at radius 1 is 1.39 bits per heavy atom. The van der Waals surface area contributed by atoms with Crippen molar-refractivity contribution in [1.29, 1.82) is 0 Å². The molecule has 1 aliphatic rings. The summed E-state index contributed by atoms with van der Waals surface area (Å²) in [6.45, 7) is 4.76. The molecule has 2 aromatic rings. The number of aromatic nitrogens is 4. The number of carbonyl (C=O) groups excluding carboxylic acids is 1. The van der Waals surface area contributed by atoms with E-state index >= 15 is 0 Å². The van der Waals surface area contributed by atoms with E-state index in [1.165, 1.54) is 0 Å². The number of carbonyl (C=O) groups is 1. The van der Waals surface area contributed by atoms with Crippen LogP contribution < -0.4 is 5.32 Å². The summed E-state index contributed by atoms with van der Waals surface area (Å²) < 4.78 is 1.75. The van der Waals surface area contributed by atoms with Crippen LogP contribution >= 0.6 is 0 Å². The van der Waals surface area contributed by atoms with Gasteiger partial charge in [-0.15, -0.1) is 0 Å². The quantitative estimate of drug-likeness (QED) is 0.776. The third kappa shape index (κ3) is 2.81. The first-order valence-electron chi connectivity index (χ1n) is 7.69. The molecule has 0 atom stereocenters. The highest BCUT2D eigenvalue weighted by Gasteiger charge is 2.36. The molecule has 23 heavy (non-hydrogen) atoms. The third-order valence-corrected chi connectivity index (χ3v) is 4.62. The lowest BCUT2D eigenvalue weighted by molar-refractivity contribution is -0.0193. The molecule has 1 saturated heterocycles. The Kier molecular flexibility index (Phi) is 3.85. The molecule has 3 rings (SSSR count). The summed E-state index contributed by atoms with van der Waals surface area (Å²) in [6.07, 6.45) is 2.58. The molecule has 124 valence electrons. The van der Waals surface area contributed by atoms with Crippen molar-refractivity contribution >= 4 is 11.7 Å². The Bertz CT molecular complexity index is 698. The highest BCUT2D eigenvalue weighted by molar-refractivity contribution is 5.90. The number of anilines is 1. The van der Waals surface area contributed by atoms with Gasteiger partial charge in [0.1, 0.15) is 5.60 Å². The van der Waals surface area contributed by atoms with Gasteiger partial charge in [-0.2, -0.15) is 10.2 Å². The number of piperidine rings is 1. The van der Waals surface area contributed by atoms with Crippen LogP contribution in [-0.2, 0) is 12.6 Å². The van der Waals surface area contributed by atoms with Crippen LogP contribution in [-0.4, -0.2) is 49.1 Å². The third-order valence-electron chi connectivity index (χ3n) is 4.62. The van der Waals surface area contributed by atoms with E-state index in [0.29, 0.717) is 31.6 Å². The molecule has 0 aromatic carbocycles. The number of aromatic amines is 1. The van der Waals surface area contributed by atoms with Crippen LogP contribution in [0, 0.1) is 13.8 Å². The first kappa shape index (κ1) is 15.5. The van der Waals surface area contributed by atoms with Crippen molar-refractivity contribution < 1.29 is 9.90 Å². The van der Waals surface area contributed by atoms with Gasteiger partial charge in [-0.3, -0.25) is 9.78 Å². The fourth-order valence-corrected chi connectivity index (χ4v) is 3.00. The van der Waals surface area contributed by atoms with Crippen LogP contribution in [0.4, 0.5) is 10.5 Å². The molecular formula is C15H22N6O2. The second-order valence-electron chi connectivity index (χ2n) is 6.09. The number of hydrogen-bond donors (Lipinski definition) is 3. The summed E-state index contributed by atoms with van der Waals surface area (Å²) in [6, 6.07) is 1.62. The van der Waals surface area contributed by atoms with Crippen molar-refractivity contribution in [2.45, 2.75) is 32.3 Å². The van der Waals surface area contributed by atoms with Crippen LogP contribution in [0.2, 0.25) is 0 Å². The molecule has 1 aliphatic heterocycles.